The lowest BCUT2D eigenvalue weighted by atomic mass is 10.1. The van der Waals surface area contributed by atoms with Gasteiger partial charge in [-0.25, -0.2) is 14.6 Å². The van der Waals surface area contributed by atoms with E-state index in [0.717, 1.165) is 28.8 Å². The van der Waals surface area contributed by atoms with Gasteiger partial charge in [-0.15, -0.1) is 0 Å². The highest BCUT2D eigenvalue weighted by atomic mass is 79.9. The lowest BCUT2D eigenvalue weighted by Crippen LogP contribution is -2.12. The van der Waals surface area contributed by atoms with Gasteiger partial charge >= 0.3 is 0 Å². The van der Waals surface area contributed by atoms with Gasteiger partial charge in [-0.05, 0) is 18.1 Å². The third-order valence-corrected chi connectivity index (χ3v) is 4.94. The fourth-order valence-electron chi connectivity index (χ4n) is 2.23. The predicted molar refractivity (Wildman–Crippen MR) is 87.9 cm³/mol. The normalized spacial score (nSPS) is 13.0. The molecule has 3 aromatic rings. The maximum Gasteiger partial charge on any atom is 0.166 e. The third kappa shape index (κ3) is 2.83. The van der Waals surface area contributed by atoms with Gasteiger partial charge in [0.2, 0.25) is 0 Å². The maximum atomic E-state index is 4.48. The molecule has 3 rings (SSSR count). The molecule has 108 valence electrons. The Balaban J connectivity index is 2.04. The molecular weight excluding hydrogens is 328 g/mol. The molecule has 1 unspecified atom stereocenters. The van der Waals surface area contributed by atoms with Crippen LogP contribution >= 0.6 is 15.9 Å². The molecule has 0 amide bonds. The van der Waals surface area contributed by atoms with E-state index in [1.54, 1.807) is 6.33 Å². The van der Waals surface area contributed by atoms with Crippen molar-refractivity contribution < 1.29 is 0 Å². The third-order valence-electron chi connectivity index (χ3n) is 3.56. The zero-order chi connectivity index (χ0) is 14.8. The molecule has 0 saturated carbocycles. The molecule has 0 spiro atoms. The predicted octanol–water partition coefficient (Wildman–Crippen LogP) is 3.78. The van der Waals surface area contributed by atoms with Crippen molar-refractivity contribution in [2.24, 2.45) is 5.92 Å². The summed E-state index contributed by atoms with van der Waals surface area (Å²) >= 11 is 3.73. The van der Waals surface area contributed by atoms with Gasteiger partial charge in [0.1, 0.15) is 6.33 Å². The zero-order valence-corrected chi connectivity index (χ0v) is 13.7. The summed E-state index contributed by atoms with van der Waals surface area (Å²) in [5.41, 5.74) is 2.91. The van der Waals surface area contributed by atoms with Crippen LogP contribution in [0.5, 0.6) is 0 Å². The van der Waals surface area contributed by atoms with E-state index in [1.165, 1.54) is 0 Å². The Hall–Kier alpha value is -1.75. The van der Waals surface area contributed by atoms with Crippen molar-refractivity contribution in [2.75, 3.05) is 0 Å². The van der Waals surface area contributed by atoms with Crippen molar-refractivity contribution in [2.45, 2.75) is 25.1 Å². The first-order valence-electron chi connectivity index (χ1n) is 7.04. The molecule has 2 aromatic heterocycles. The van der Waals surface area contributed by atoms with Crippen molar-refractivity contribution >= 4 is 27.0 Å². The minimum atomic E-state index is 0.399. The van der Waals surface area contributed by atoms with Gasteiger partial charge in [-0.3, -0.25) is 0 Å². The zero-order valence-electron chi connectivity index (χ0n) is 12.1. The van der Waals surface area contributed by atoms with E-state index in [-0.39, 0.29) is 0 Å². The summed E-state index contributed by atoms with van der Waals surface area (Å²) in [6.07, 6.45) is 4.35. The van der Waals surface area contributed by atoms with Gasteiger partial charge in [0.05, 0.1) is 23.0 Å². The van der Waals surface area contributed by atoms with Crippen LogP contribution in [0.3, 0.4) is 0 Å². The first kappa shape index (κ1) is 14.2. The van der Waals surface area contributed by atoms with Gasteiger partial charge in [0.25, 0.3) is 0 Å². The molecule has 4 nitrogen and oxygen atoms in total. The van der Waals surface area contributed by atoms with Crippen molar-refractivity contribution in [1.82, 2.24) is 19.7 Å². The first-order valence-corrected chi connectivity index (χ1v) is 7.95. The number of halogens is 1. The van der Waals surface area contributed by atoms with E-state index in [2.05, 4.69) is 44.8 Å². The molecule has 1 atom stereocenters. The molecule has 0 aliphatic heterocycles. The van der Waals surface area contributed by atoms with Crippen LogP contribution in [0.2, 0.25) is 0 Å². The number of nitrogens with zero attached hydrogens (tertiary/aromatic N) is 4. The highest BCUT2D eigenvalue weighted by Crippen LogP contribution is 2.23. The van der Waals surface area contributed by atoms with Crippen LogP contribution in [0.1, 0.15) is 19.5 Å². The largest absolute Gasteiger partial charge is 0.240 e. The quantitative estimate of drug-likeness (QED) is 0.676. The average Bonchev–Trinajstić information content (AvgIpc) is 2.93. The second-order valence-corrected chi connectivity index (χ2v) is 6.59. The summed E-state index contributed by atoms with van der Waals surface area (Å²) in [5, 5.41) is 5.50. The summed E-state index contributed by atoms with van der Waals surface area (Å²) in [7, 11) is 0. The molecule has 0 aliphatic rings. The topological polar surface area (TPSA) is 43.6 Å². The second-order valence-electron chi connectivity index (χ2n) is 5.41. The number of benzene rings is 1. The number of alkyl halides is 1. The van der Waals surface area contributed by atoms with Gasteiger partial charge in [-0.1, -0.05) is 48.0 Å². The fourth-order valence-corrected chi connectivity index (χ4v) is 2.54. The van der Waals surface area contributed by atoms with Crippen molar-refractivity contribution in [3.05, 3.63) is 48.5 Å². The monoisotopic (exact) mass is 344 g/mol. The van der Waals surface area contributed by atoms with Gasteiger partial charge < -0.3 is 0 Å². The van der Waals surface area contributed by atoms with E-state index < -0.39 is 0 Å². The van der Waals surface area contributed by atoms with Crippen LogP contribution in [0.4, 0.5) is 0 Å². The lowest BCUT2D eigenvalue weighted by Gasteiger charge is -2.13. The summed E-state index contributed by atoms with van der Waals surface area (Å²) in [4.78, 5) is 9.24. The van der Waals surface area contributed by atoms with Gasteiger partial charge in [-0.2, -0.15) is 5.10 Å². The van der Waals surface area contributed by atoms with E-state index in [4.69, 9.17) is 0 Å². The summed E-state index contributed by atoms with van der Waals surface area (Å²) in [6.45, 7) is 4.40. The number of para-hydroxylation sites is 1. The second kappa shape index (κ2) is 5.93. The Morgan fingerprint density at radius 3 is 2.62 bits per heavy atom. The number of fused-ring (bicyclic) bond motifs is 1. The Morgan fingerprint density at radius 1 is 1.14 bits per heavy atom. The summed E-state index contributed by atoms with van der Waals surface area (Å²) in [6, 6.07) is 10.0. The minimum absolute atomic E-state index is 0.399. The Labute approximate surface area is 132 Å². The van der Waals surface area contributed by atoms with Crippen molar-refractivity contribution in [1.29, 1.82) is 0 Å². The number of aromatic nitrogens is 4. The molecule has 0 radical (unpaired) electrons. The minimum Gasteiger partial charge on any atom is -0.240 e. The standard InChI is InChI=1S/C16H17BrN4/c1-11(2)14(17)8-15-13-9-20-21(16(13)19-10-18-15)12-6-4-3-5-7-12/h3-7,9-11,14H,8H2,1-2H3. The average molecular weight is 345 g/mol. The maximum absolute atomic E-state index is 4.48. The molecule has 0 N–H and O–H groups in total. The first-order chi connectivity index (χ1) is 10.2. The van der Waals surface area contributed by atoms with E-state index in [0.29, 0.717) is 10.7 Å². The lowest BCUT2D eigenvalue weighted by molar-refractivity contribution is 0.609. The van der Waals surface area contributed by atoms with Crippen molar-refractivity contribution in [3.8, 4) is 5.69 Å². The fraction of sp³-hybridized carbons (Fsp3) is 0.312. The molecule has 21 heavy (non-hydrogen) atoms. The van der Waals surface area contributed by atoms with Crippen LogP contribution in [0.15, 0.2) is 42.9 Å². The molecule has 0 saturated heterocycles. The molecule has 1 aromatic carbocycles. The summed E-state index contributed by atoms with van der Waals surface area (Å²) < 4.78 is 1.86. The number of hydrogen-bond donors (Lipinski definition) is 0. The van der Waals surface area contributed by atoms with E-state index in [1.807, 2.05) is 41.2 Å². The SMILES string of the molecule is CC(C)C(Br)Cc1ncnc2c1cnn2-c1ccccc1. The summed E-state index contributed by atoms with van der Waals surface area (Å²) in [5.74, 6) is 0.555. The molecule has 5 heteroatoms. The Bertz CT molecular complexity index is 736. The Kier molecular flexibility index (Phi) is 4.01. The number of rotatable bonds is 4. The van der Waals surface area contributed by atoms with Crippen molar-refractivity contribution in [3.63, 3.8) is 0 Å². The molecular formula is C16H17BrN4. The highest BCUT2D eigenvalue weighted by molar-refractivity contribution is 9.09. The molecule has 0 fully saturated rings. The van der Waals surface area contributed by atoms with Crippen LogP contribution in [-0.4, -0.2) is 24.6 Å². The van der Waals surface area contributed by atoms with Gasteiger partial charge in [0, 0.05) is 11.2 Å². The van der Waals surface area contributed by atoms with Crippen LogP contribution < -0.4 is 0 Å². The van der Waals surface area contributed by atoms with Crippen LogP contribution in [-0.2, 0) is 6.42 Å². The smallest absolute Gasteiger partial charge is 0.166 e. The van der Waals surface area contributed by atoms with Crippen LogP contribution in [0, 0.1) is 5.92 Å². The highest BCUT2D eigenvalue weighted by Gasteiger charge is 2.16. The van der Waals surface area contributed by atoms with Gasteiger partial charge in [0.15, 0.2) is 5.65 Å². The van der Waals surface area contributed by atoms with Crippen LogP contribution in [0.25, 0.3) is 16.7 Å². The van der Waals surface area contributed by atoms with E-state index in [9.17, 15) is 0 Å². The number of hydrogen-bond acceptors (Lipinski definition) is 3. The molecule has 2 heterocycles. The Morgan fingerprint density at radius 2 is 1.90 bits per heavy atom. The molecule has 0 bridgehead atoms. The molecule has 0 aliphatic carbocycles. The van der Waals surface area contributed by atoms with E-state index >= 15 is 0 Å².